The number of unbranched alkanes of at least 4 members (excludes halogenated alkanes) is 4. The molecule has 0 aliphatic rings. The highest BCUT2D eigenvalue weighted by Gasteiger charge is 2.05. The molecule has 0 saturated heterocycles. The number of methoxy groups -OCH3 is 1. The van der Waals surface area contributed by atoms with E-state index in [1.54, 1.807) is 7.11 Å². The highest BCUT2D eigenvalue weighted by atomic mass is 16.5. The van der Waals surface area contributed by atoms with Gasteiger partial charge in [-0.1, -0.05) is 46.0 Å². The fourth-order valence-electron chi connectivity index (χ4n) is 2.16. The SMILES string of the molecule is CCCCCCCC(=O)CCCC(C)CCOC. The molecule has 108 valence electrons. The Morgan fingerprint density at radius 2 is 1.67 bits per heavy atom. The second-order valence-electron chi connectivity index (χ2n) is 5.48. The van der Waals surface area contributed by atoms with E-state index in [-0.39, 0.29) is 0 Å². The predicted octanol–water partition coefficient (Wildman–Crippen LogP) is 4.76. The maximum absolute atomic E-state index is 11.6. The third-order valence-electron chi connectivity index (χ3n) is 3.53. The predicted molar refractivity (Wildman–Crippen MR) is 77.9 cm³/mol. The van der Waals surface area contributed by atoms with Crippen molar-refractivity contribution in [3.63, 3.8) is 0 Å². The number of carbonyl (C=O) groups excluding carboxylic acids is 1. The lowest BCUT2D eigenvalue weighted by Crippen LogP contribution is -2.03. The van der Waals surface area contributed by atoms with Crippen LogP contribution in [0.2, 0.25) is 0 Å². The molecule has 0 spiro atoms. The van der Waals surface area contributed by atoms with Gasteiger partial charge in [0, 0.05) is 26.6 Å². The van der Waals surface area contributed by atoms with Crippen molar-refractivity contribution in [1.29, 1.82) is 0 Å². The smallest absolute Gasteiger partial charge is 0.132 e. The van der Waals surface area contributed by atoms with Crippen LogP contribution in [0.5, 0.6) is 0 Å². The van der Waals surface area contributed by atoms with E-state index in [9.17, 15) is 4.79 Å². The first kappa shape index (κ1) is 17.6. The Bertz CT molecular complexity index is 190. The molecule has 2 nitrogen and oxygen atoms in total. The molecule has 1 atom stereocenters. The Balaban J connectivity index is 3.31. The lowest BCUT2D eigenvalue weighted by molar-refractivity contribution is -0.119. The highest BCUT2D eigenvalue weighted by molar-refractivity contribution is 5.78. The molecule has 0 heterocycles. The van der Waals surface area contributed by atoms with E-state index in [2.05, 4.69) is 13.8 Å². The van der Waals surface area contributed by atoms with Crippen LogP contribution in [0.25, 0.3) is 0 Å². The van der Waals surface area contributed by atoms with Crippen molar-refractivity contribution in [2.45, 2.75) is 78.1 Å². The van der Waals surface area contributed by atoms with Gasteiger partial charge in [-0.05, 0) is 25.2 Å². The number of rotatable bonds is 13. The standard InChI is InChI=1S/C16H32O2/c1-4-5-6-7-8-11-16(17)12-9-10-15(2)13-14-18-3/h15H,4-14H2,1-3H3. The van der Waals surface area contributed by atoms with E-state index < -0.39 is 0 Å². The van der Waals surface area contributed by atoms with E-state index in [0.29, 0.717) is 11.7 Å². The van der Waals surface area contributed by atoms with Crippen molar-refractivity contribution in [3.05, 3.63) is 0 Å². The number of hydrogen-bond acceptors (Lipinski definition) is 2. The van der Waals surface area contributed by atoms with Crippen LogP contribution in [0.4, 0.5) is 0 Å². The zero-order valence-corrected chi connectivity index (χ0v) is 12.7. The molecule has 0 radical (unpaired) electrons. The van der Waals surface area contributed by atoms with Crippen molar-refractivity contribution in [3.8, 4) is 0 Å². The minimum absolute atomic E-state index is 0.463. The first-order valence-corrected chi connectivity index (χ1v) is 7.71. The second-order valence-corrected chi connectivity index (χ2v) is 5.48. The zero-order chi connectivity index (χ0) is 13.6. The Kier molecular flexibility index (Phi) is 12.8. The van der Waals surface area contributed by atoms with Gasteiger partial charge in [0.05, 0.1) is 0 Å². The summed E-state index contributed by atoms with van der Waals surface area (Å²) >= 11 is 0. The topological polar surface area (TPSA) is 26.3 Å². The largest absolute Gasteiger partial charge is 0.385 e. The van der Waals surface area contributed by atoms with Gasteiger partial charge >= 0.3 is 0 Å². The van der Waals surface area contributed by atoms with E-state index in [1.165, 1.54) is 25.7 Å². The van der Waals surface area contributed by atoms with Crippen LogP contribution in [0.3, 0.4) is 0 Å². The fourth-order valence-corrected chi connectivity index (χ4v) is 2.16. The number of hydrogen-bond donors (Lipinski definition) is 0. The van der Waals surface area contributed by atoms with Gasteiger partial charge in [-0.2, -0.15) is 0 Å². The molecule has 18 heavy (non-hydrogen) atoms. The Hall–Kier alpha value is -0.370. The molecule has 2 heteroatoms. The van der Waals surface area contributed by atoms with Gasteiger partial charge in [0.25, 0.3) is 0 Å². The monoisotopic (exact) mass is 256 g/mol. The summed E-state index contributed by atoms with van der Waals surface area (Å²) in [5.41, 5.74) is 0. The molecule has 0 amide bonds. The van der Waals surface area contributed by atoms with Crippen LogP contribution in [-0.2, 0) is 9.53 Å². The lowest BCUT2D eigenvalue weighted by atomic mass is 9.98. The summed E-state index contributed by atoms with van der Waals surface area (Å²) in [5, 5.41) is 0. The third-order valence-corrected chi connectivity index (χ3v) is 3.53. The maximum atomic E-state index is 11.6. The first-order chi connectivity index (χ1) is 8.70. The normalized spacial score (nSPS) is 12.6. The van der Waals surface area contributed by atoms with Gasteiger partial charge in [0.2, 0.25) is 0 Å². The molecule has 0 saturated carbocycles. The quantitative estimate of drug-likeness (QED) is 0.444. The summed E-state index contributed by atoms with van der Waals surface area (Å²) in [5.74, 6) is 1.15. The first-order valence-electron chi connectivity index (χ1n) is 7.71. The van der Waals surface area contributed by atoms with Crippen molar-refractivity contribution in [1.82, 2.24) is 0 Å². The summed E-state index contributed by atoms with van der Waals surface area (Å²) < 4.78 is 5.06. The molecule has 1 unspecified atom stereocenters. The molecule has 0 aliphatic heterocycles. The average Bonchev–Trinajstić information content (AvgIpc) is 2.36. The van der Waals surface area contributed by atoms with Crippen LogP contribution in [0.15, 0.2) is 0 Å². The van der Waals surface area contributed by atoms with Gasteiger partial charge < -0.3 is 4.74 Å². The van der Waals surface area contributed by atoms with Gasteiger partial charge in [0.15, 0.2) is 0 Å². The van der Waals surface area contributed by atoms with E-state index in [1.807, 2.05) is 0 Å². The van der Waals surface area contributed by atoms with Crippen LogP contribution < -0.4 is 0 Å². The molecule has 0 N–H and O–H groups in total. The van der Waals surface area contributed by atoms with Gasteiger partial charge in [-0.3, -0.25) is 4.79 Å². The summed E-state index contributed by atoms with van der Waals surface area (Å²) in [6.07, 6.45) is 11.1. The van der Waals surface area contributed by atoms with Crippen LogP contribution in [0.1, 0.15) is 78.1 Å². The Morgan fingerprint density at radius 3 is 2.33 bits per heavy atom. The van der Waals surface area contributed by atoms with E-state index in [0.717, 1.165) is 45.1 Å². The number of carbonyl (C=O) groups is 1. The van der Waals surface area contributed by atoms with Gasteiger partial charge in [0.1, 0.15) is 5.78 Å². The van der Waals surface area contributed by atoms with Crippen LogP contribution >= 0.6 is 0 Å². The summed E-state index contributed by atoms with van der Waals surface area (Å²) in [6.45, 7) is 5.30. The molecule has 0 aromatic carbocycles. The highest BCUT2D eigenvalue weighted by Crippen LogP contribution is 2.13. The van der Waals surface area contributed by atoms with Crippen molar-refractivity contribution in [2.75, 3.05) is 13.7 Å². The van der Waals surface area contributed by atoms with Crippen LogP contribution in [-0.4, -0.2) is 19.5 Å². The zero-order valence-electron chi connectivity index (χ0n) is 12.7. The Labute approximate surface area is 113 Å². The fraction of sp³-hybridized carbons (Fsp3) is 0.938. The van der Waals surface area contributed by atoms with E-state index in [4.69, 9.17) is 4.74 Å². The lowest BCUT2D eigenvalue weighted by Gasteiger charge is -2.09. The van der Waals surface area contributed by atoms with Crippen molar-refractivity contribution < 1.29 is 9.53 Å². The van der Waals surface area contributed by atoms with Gasteiger partial charge in [-0.25, -0.2) is 0 Å². The van der Waals surface area contributed by atoms with Crippen molar-refractivity contribution in [2.24, 2.45) is 5.92 Å². The summed E-state index contributed by atoms with van der Waals surface area (Å²) in [7, 11) is 1.74. The number of Topliss-reactive ketones (excluding diaryl/α,β-unsaturated/α-hetero) is 1. The molecule has 0 aromatic heterocycles. The van der Waals surface area contributed by atoms with Crippen LogP contribution in [0, 0.1) is 5.92 Å². The molecule has 0 fully saturated rings. The second kappa shape index (κ2) is 13.1. The number of ketones is 1. The third kappa shape index (κ3) is 12.1. The molecule has 0 bridgehead atoms. The minimum Gasteiger partial charge on any atom is -0.385 e. The summed E-state index contributed by atoms with van der Waals surface area (Å²) in [4.78, 5) is 11.6. The molecule has 0 aliphatic carbocycles. The molecule has 0 rings (SSSR count). The maximum Gasteiger partial charge on any atom is 0.132 e. The molecular formula is C16H32O2. The molecular weight excluding hydrogens is 224 g/mol. The average molecular weight is 256 g/mol. The van der Waals surface area contributed by atoms with Gasteiger partial charge in [-0.15, -0.1) is 0 Å². The Morgan fingerprint density at radius 1 is 1.00 bits per heavy atom. The van der Waals surface area contributed by atoms with E-state index >= 15 is 0 Å². The molecule has 0 aromatic rings. The van der Waals surface area contributed by atoms with Crippen molar-refractivity contribution >= 4 is 5.78 Å². The number of ether oxygens (including phenoxy) is 1. The minimum atomic E-state index is 0.463. The summed E-state index contributed by atoms with van der Waals surface area (Å²) in [6, 6.07) is 0.